The lowest BCUT2D eigenvalue weighted by Gasteiger charge is -2.25. The number of benzene rings is 1. The Morgan fingerprint density at radius 3 is 2.87 bits per heavy atom. The molecule has 23 heavy (non-hydrogen) atoms. The molecule has 3 rings (SSSR count). The van der Waals surface area contributed by atoms with Gasteiger partial charge in [0.1, 0.15) is 12.4 Å². The number of amides is 1. The van der Waals surface area contributed by atoms with Gasteiger partial charge in [-0.05, 0) is 29.8 Å². The highest BCUT2D eigenvalue weighted by Crippen LogP contribution is 2.30. The Bertz CT molecular complexity index is 703. The Balaban J connectivity index is 1.59. The largest absolute Gasteiger partial charge is 0.485 e. The number of carbonyl (C=O) groups is 1. The van der Waals surface area contributed by atoms with Crippen LogP contribution in [0.1, 0.15) is 5.56 Å². The van der Waals surface area contributed by atoms with Crippen LogP contribution in [-0.4, -0.2) is 37.7 Å². The van der Waals surface area contributed by atoms with E-state index in [4.69, 9.17) is 9.47 Å². The molecular formula is C17H19N3O3. The first-order valence-electron chi connectivity index (χ1n) is 7.42. The molecule has 120 valence electrons. The van der Waals surface area contributed by atoms with E-state index >= 15 is 0 Å². The van der Waals surface area contributed by atoms with Crippen LogP contribution in [0.3, 0.4) is 0 Å². The van der Waals surface area contributed by atoms with Gasteiger partial charge in [-0.2, -0.15) is 0 Å². The summed E-state index contributed by atoms with van der Waals surface area (Å²) in [6.07, 6.45) is 1.09. The van der Waals surface area contributed by atoms with Gasteiger partial charge in [-0.25, -0.2) is 4.98 Å². The quantitative estimate of drug-likeness (QED) is 0.929. The molecular weight excluding hydrogens is 294 g/mol. The monoisotopic (exact) mass is 313 g/mol. The molecule has 0 spiro atoms. The average molecular weight is 313 g/mol. The maximum atomic E-state index is 12.3. The predicted octanol–water partition coefficient (Wildman–Crippen LogP) is 1.60. The minimum Gasteiger partial charge on any atom is -0.485 e. The van der Waals surface area contributed by atoms with Crippen molar-refractivity contribution in [3.8, 4) is 11.5 Å². The van der Waals surface area contributed by atoms with E-state index in [9.17, 15) is 4.79 Å². The topological polar surface area (TPSA) is 63.7 Å². The maximum Gasteiger partial charge on any atom is 0.264 e. The number of fused-ring (bicyclic) bond motifs is 1. The fraction of sp³-hybridized carbons (Fsp3) is 0.294. The van der Waals surface area contributed by atoms with Gasteiger partial charge in [0, 0.05) is 26.8 Å². The molecule has 1 aromatic carbocycles. The van der Waals surface area contributed by atoms with Crippen LogP contribution < -0.4 is 19.7 Å². The summed E-state index contributed by atoms with van der Waals surface area (Å²) in [6.45, 7) is 0.631. The molecule has 0 fully saturated rings. The number of pyridine rings is 1. The minimum atomic E-state index is -0.639. The minimum absolute atomic E-state index is 0.192. The molecule has 0 saturated carbocycles. The summed E-state index contributed by atoms with van der Waals surface area (Å²) in [6, 6.07) is 11.1. The number of nitrogens with one attached hydrogen (secondary N) is 1. The zero-order chi connectivity index (χ0) is 16.2. The van der Waals surface area contributed by atoms with Crippen molar-refractivity contribution in [2.75, 3.05) is 25.6 Å². The Hall–Kier alpha value is -2.76. The predicted molar refractivity (Wildman–Crippen MR) is 86.8 cm³/mol. The molecule has 1 atom stereocenters. The van der Waals surface area contributed by atoms with Crippen LogP contribution in [0, 0.1) is 0 Å². The summed E-state index contributed by atoms with van der Waals surface area (Å²) in [5.74, 6) is 1.92. The number of hydrogen-bond donors (Lipinski definition) is 1. The van der Waals surface area contributed by atoms with Crippen molar-refractivity contribution in [1.82, 2.24) is 10.3 Å². The SMILES string of the molecule is CN(C)c1cc(CNC(=O)[C@H]2COc3ccccc3O2)ccn1. The zero-order valence-corrected chi connectivity index (χ0v) is 13.2. The molecule has 1 aliphatic heterocycles. The molecule has 0 aliphatic carbocycles. The van der Waals surface area contributed by atoms with Crippen LogP contribution in [0.25, 0.3) is 0 Å². The van der Waals surface area contributed by atoms with Gasteiger partial charge < -0.3 is 19.7 Å². The van der Waals surface area contributed by atoms with Gasteiger partial charge in [0.2, 0.25) is 6.10 Å². The van der Waals surface area contributed by atoms with Crippen molar-refractivity contribution in [3.63, 3.8) is 0 Å². The van der Waals surface area contributed by atoms with Crippen LogP contribution in [0.15, 0.2) is 42.6 Å². The molecule has 0 bridgehead atoms. The Morgan fingerprint density at radius 2 is 2.09 bits per heavy atom. The second kappa shape index (κ2) is 6.56. The van der Waals surface area contributed by atoms with Crippen LogP contribution in [0.2, 0.25) is 0 Å². The van der Waals surface area contributed by atoms with E-state index in [1.165, 1.54) is 0 Å². The van der Waals surface area contributed by atoms with Crippen LogP contribution in [0.5, 0.6) is 11.5 Å². The first-order valence-corrected chi connectivity index (χ1v) is 7.42. The lowest BCUT2D eigenvalue weighted by molar-refractivity contribution is -0.130. The highest BCUT2D eigenvalue weighted by Gasteiger charge is 2.26. The van der Waals surface area contributed by atoms with E-state index in [0.717, 1.165) is 11.4 Å². The van der Waals surface area contributed by atoms with Crippen LogP contribution >= 0.6 is 0 Å². The molecule has 0 saturated heterocycles. The first-order chi connectivity index (χ1) is 11.1. The highest BCUT2D eigenvalue weighted by molar-refractivity contribution is 5.81. The highest BCUT2D eigenvalue weighted by atomic mass is 16.6. The summed E-state index contributed by atoms with van der Waals surface area (Å²) in [5, 5.41) is 2.88. The van der Waals surface area contributed by atoms with Gasteiger partial charge in [-0.1, -0.05) is 12.1 Å². The van der Waals surface area contributed by atoms with E-state index in [1.54, 1.807) is 12.3 Å². The van der Waals surface area contributed by atoms with E-state index in [1.807, 2.05) is 49.3 Å². The molecule has 6 nitrogen and oxygen atoms in total. The van der Waals surface area contributed by atoms with E-state index in [-0.39, 0.29) is 12.5 Å². The average Bonchev–Trinajstić information content (AvgIpc) is 2.59. The maximum absolute atomic E-state index is 12.3. The summed E-state index contributed by atoms with van der Waals surface area (Å²) < 4.78 is 11.2. The van der Waals surface area contributed by atoms with Crippen LogP contribution in [0.4, 0.5) is 5.82 Å². The van der Waals surface area contributed by atoms with E-state index < -0.39 is 6.10 Å². The standard InChI is InChI=1S/C17H19N3O3/c1-20(2)16-9-12(7-8-18-16)10-19-17(21)15-11-22-13-5-3-4-6-14(13)23-15/h3-9,15H,10-11H2,1-2H3,(H,19,21)/t15-/m1/s1. The number of carbonyl (C=O) groups excluding carboxylic acids is 1. The van der Waals surface area contributed by atoms with Crippen molar-refractivity contribution in [2.24, 2.45) is 0 Å². The second-order valence-corrected chi connectivity index (χ2v) is 5.50. The van der Waals surface area contributed by atoms with Crippen LogP contribution in [-0.2, 0) is 11.3 Å². The Morgan fingerprint density at radius 1 is 1.30 bits per heavy atom. The molecule has 0 unspecified atom stereocenters. The van der Waals surface area contributed by atoms with Crippen molar-refractivity contribution in [2.45, 2.75) is 12.6 Å². The number of para-hydroxylation sites is 2. The molecule has 2 aromatic rings. The smallest absolute Gasteiger partial charge is 0.264 e. The normalized spacial score (nSPS) is 15.8. The number of rotatable bonds is 4. The third kappa shape index (κ3) is 3.53. The molecule has 2 heterocycles. The molecule has 1 aliphatic rings. The number of anilines is 1. The Kier molecular flexibility index (Phi) is 4.32. The van der Waals surface area contributed by atoms with Crippen molar-refractivity contribution >= 4 is 11.7 Å². The van der Waals surface area contributed by atoms with Crippen molar-refractivity contribution in [1.29, 1.82) is 0 Å². The van der Waals surface area contributed by atoms with Gasteiger partial charge in [0.05, 0.1) is 0 Å². The third-order valence-corrected chi connectivity index (χ3v) is 3.54. The van der Waals surface area contributed by atoms with E-state index in [0.29, 0.717) is 18.0 Å². The van der Waals surface area contributed by atoms with Crippen molar-refractivity contribution in [3.05, 3.63) is 48.2 Å². The number of ether oxygens (including phenoxy) is 2. The number of nitrogens with zero attached hydrogens (tertiary/aromatic N) is 2. The van der Waals surface area contributed by atoms with Gasteiger partial charge in [-0.15, -0.1) is 0 Å². The molecule has 1 aromatic heterocycles. The fourth-order valence-corrected chi connectivity index (χ4v) is 2.27. The summed E-state index contributed by atoms with van der Waals surface area (Å²) in [5.41, 5.74) is 0.981. The van der Waals surface area contributed by atoms with Gasteiger partial charge in [0.25, 0.3) is 5.91 Å². The molecule has 1 N–H and O–H groups in total. The molecule has 1 amide bonds. The lowest BCUT2D eigenvalue weighted by Crippen LogP contribution is -2.43. The third-order valence-electron chi connectivity index (χ3n) is 3.54. The lowest BCUT2D eigenvalue weighted by atomic mass is 10.2. The van der Waals surface area contributed by atoms with Crippen molar-refractivity contribution < 1.29 is 14.3 Å². The summed E-state index contributed by atoms with van der Waals surface area (Å²) in [4.78, 5) is 18.4. The second-order valence-electron chi connectivity index (χ2n) is 5.50. The zero-order valence-electron chi connectivity index (χ0n) is 13.2. The molecule has 0 radical (unpaired) electrons. The first kappa shape index (κ1) is 15.1. The fourth-order valence-electron chi connectivity index (χ4n) is 2.27. The molecule has 6 heteroatoms. The van der Waals surface area contributed by atoms with Gasteiger partial charge >= 0.3 is 0 Å². The van der Waals surface area contributed by atoms with E-state index in [2.05, 4.69) is 10.3 Å². The van der Waals surface area contributed by atoms with Gasteiger partial charge in [-0.3, -0.25) is 4.79 Å². The number of hydrogen-bond acceptors (Lipinski definition) is 5. The van der Waals surface area contributed by atoms with Gasteiger partial charge in [0.15, 0.2) is 11.5 Å². The Labute approximate surface area is 135 Å². The summed E-state index contributed by atoms with van der Waals surface area (Å²) >= 11 is 0. The summed E-state index contributed by atoms with van der Waals surface area (Å²) in [7, 11) is 3.85. The number of aromatic nitrogens is 1.